The van der Waals surface area contributed by atoms with Gasteiger partial charge in [0, 0.05) is 17.7 Å². The monoisotopic (exact) mass is 261 g/mol. The van der Waals surface area contributed by atoms with Crippen LogP contribution >= 0.6 is 12.6 Å². The molecule has 92 valence electrons. The summed E-state index contributed by atoms with van der Waals surface area (Å²) in [5.41, 5.74) is 5.87. The van der Waals surface area contributed by atoms with Crippen molar-refractivity contribution >= 4 is 18.3 Å². The van der Waals surface area contributed by atoms with Gasteiger partial charge in [-0.1, -0.05) is 11.8 Å². The van der Waals surface area contributed by atoms with Gasteiger partial charge in [0.2, 0.25) is 0 Å². The maximum atomic E-state index is 12.0. The predicted molar refractivity (Wildman–Crippen MR) is 62.9 cm³/mol. The van der Waals surface area contributed by atoms with Gasteiger partial charge in [0.1, 0.15) is 0 Å². The zero-order chi connectivity index (χ0) is 12.9. The summed E-state index contributed by atoms with van der Waals surface area (Å²) in [6, 6.07) is 3.91. The molecular weight excluding hydrogens is 251 g/mol. The molecular formula is C11H10F3NOS. The van der Waals surface area contributed by atoms with E-state index >= 15 is 0 Å². The standard InChI is InChI=1S/C11H10F3NOS/c12-11(13,14)16-10-5-4-8(7-9(10)15)3-1-2-6-17/h4-5,7,17H,2,6,15H2. The van der Waals surface area contributed by atoms with Gasteiger partial charge in [-0.2, -0.15) is 12.6 Å². The first-order valence-corrected chi connectivity index (χ1v) is 5.30. The molecule has 0 spiro atoms. The maximum absolute atomic E-state index is 12.0. The Kier molecular flexibility index (Phi) is 4.58. The Bertz CT molecular complexity index is 448. The highest BCUT2D eigenvalue weighted by Crippen LogP contribution is 2.28. The molecule has 1 aromatic carbocycles. The molecule has 17 heavy (non-hydrogen) atoms. The second kappa shape index (κ2) is 5.73. The van der Waals surface area contributed by atoms with Gasteiger partial charge >= 0.3 is 6.36 Å². The second-order valence-electron chi connectivity index (χ2n) is 3.08. The average molecular weight is 261 g/mol. The normalized spacial score (nSPS) is 10.6. The number of alkyl halides is 3. The number of hydrogen-bond donors (Lipinski definition) is 2. The molecule has 0 atom stereocenters. The van der Waals surface area contributed by atoms with Gasteiger partial charge in [-0.25, -0.2) is 0 Å². The van der Waals surface area contributed by atoms with Gasteiger partial charge in [-0.3, -0.25) is 0 Å². The highest BCUT2D eigenvalue weighted by molar-refractivity contribution is 7.80. The SMILES string of the molecule is Nc1cc(C#CCCS)ccc1OC(F)(F)F. The molecule has 0 saturated carbocycles. The Morgan fingerprint density at radius 2 is 2.06 bits per heavy atom. The van der Waals surface area contributed by atoms with Crippen LogP contribution in [-0.4, -0.2) is 12.1 Å². The van der Waals surface area contributed by atoms with Crippen molar-refractivity contribution in [1.29, 1.82) is 0 Å². The van der Waals surface area contributed by atoms with Crippen molar-refractivity contribution in [1.82, 2.24) is 0 Å². The number of nitrogens with two attached hydrogens (primary N) is 1. The van der Waals surface area contributed by atoms with Crippen molar-refractivity contribution < 1.29 is 17.9 Å². The van der Waals surface area contributed by atoms with E-state index in [0.29, 0.717) is 17.7 Å². The molecule has 2 nitrogen and oxygen atoms in total. The number of hydrogen-bond acceptors (Lipinski definition) is 3. The van der Waals surface area contributed by atoms with Crippen LogP contribution in [0.4, 0.5) is 18.9 Å². The number of thiol groups is 1. The summed E-state index contributed by atoms with van der Waals surface area (Å²) >= 11 is 3.98. The summed E-state index contributed by atoms with van der Waals surface area (Å²) < 4.78 is 39.6. The minimum atomic E-state index is -4.74. The molecule has 0 aliphatic heterocycles. The molecule has 0 aromatic heterocycles. The van der Waals surface area contributed by atoms with E-state index in [1.54, 1.807) is 0 Å². The van der Waals surface area contributed by atoms with Crippen LogP contribution in [0.1, 0.15) is 12.0 Å². The third kappa shape index (κ3) is 4.91. The largest absolute Gasteiger partial charge is 0.573 e. The number of nitrogen functional groups attached to an aromatic ring is 1. The first kappa shape index (κ1) is 13.6. The van der Waals surface area contributed by atoms with Crippen LogP contribution < -0.4 is 10.5 Å². The van der Waals surface area contributed by atoms with Crippen molar-refractivity contribution in [2.45, 2.75) is 12.8 Å². The van der Waals surface area contributed by atoms with E-state index in [1.165, 1.54) is 12.1 Å². The summed E-state index contributed by atoms with van der Waals surface area (Å²) in [6.07, 6.45) is -4.14. The summed E-state index contributed by atoms with van der Waals surface area (Å²) in [4.78, 5) is 0. The van der Waals surface area contributed by atoms with E-state index in [1.807, 2.05) is 0 Å². The van der Waals surface area contributed by atoms with E-state index in [-0.39, 0.29) is 5.69 Å². The van der Waals surface area contributed by atoms with E-state index in [9.17, 15) is 13.2 Å². The van der Waals surface area contributed by atoms with Crippen molar-refractivity contribution in [3.63, 3.8) is 0 Å². The lowest BCUT2D eigenvalue weighted by Crippen LogP contribution is -2.18. The van der Waals surface area contributed by atoms with Crippen LogP contribution in [0, 0.1) is 11.8 Å². The Morgan fingerprint density at radius 1 is 1.35 bits per heavy atom. The van der Waals surface area contributed by atoms with Crippen molar-refractivity contribution in [2.24, 2.45) is 0 Å². The van der Waals surface area contributed by atoms with Crippen LogP contribution in [0.25, 0.3) is 0 Å². The Labute approximate surface area is 102 Å². The molecule has 0 radical (unpaired) electrons. The van der Waals surface area contributed by atoms with Crippen LogP contribution in [0.3, 0.4) is 0 Å². The molecule has 0 unspecified atom stereocenters. The van der Waals surface area contributed by atoms with E-state index in [4.69, 9.17) is 5.73 Å². The Balaban J connectivity index is 2.84. The molecule has 6 heteroatoms. The lowest BCUT2D eigenvalue weighted by molar-refractivity contribution is -0.274. The molecule has 0 aliphatic carbocycles. The summed E-state index contributed by atoms with van der Waals surface area (Å²) in [6.45, 7) is 0. The van der Waals surface area contributed by atoms with E-state index < -0.39 is 12.1 Å². The maximum Gasteiger partial charge on any atom is 0.573 e. The molecule has 2 N–H and O–H groups in total. The second-order valence-corrected chi connectivity index (χ2v) is 3.52. The summed E-state index contributed by atoms with van der Waals surface area (Å²) in [5, 5.41) is 0. The average Bonchev–Trinajstić information content (AvgIpc) is 2.21. The number of rotatable bonds is 2. The van der Waals surface area contributed by atoms with E-state index in [2.05, 4.69) is 29.2 Å². The molecule has 0 amide bonds. The lowest BCUT2D eigenvalue weighted by atomic mass is 10.2. The van der Waals surface area contributed by atoms with Gasteiger partial charge in [0.05, 0.1) is 5.69 Å². The molecule has 0 fully saturated rings. The fraction of sp³-hybridized carbons (Fsp3) is 0.273. The highest BCUT2D eigenvalue weighted by atomic mass is 32.1. The highest BCUT2D eigenvalue weighted by Gasteiger charge is 2.31. The number of anilines is 1. The molecule has 0 bridgehead atoms. The van der Waals surface area contributed by atoms with Crippen molar-refractivity contribution in [2.75, 3.05) is 11.5 Å². The predicted octanol–water partition coefficient (Wildman–Crippen LogP) is 2.84. The zero-order valence-electron chi connectivity index (χ0n) is 8.71. The first-order chi connectivity index (χ1) is 7.92. The number of benzene rings is 1. The molecule has 0 heterocycles. The first-order valence-electron chi connectivity index (χ1n) is 4.67. The molecule has 1 aromatic rings. The molecule has 0 aliphatic rings. The van der Waals surface area contributed by atoms with Crippen LogP contribution in [0.15, 0.2) is 18.2 Å². The topological polar surface area (TPSA) is 35.2 Å². The van der Waals surface area contributed by atoms with Gasteiger partial charge < -0.3 is 10.5 Å². The fourth-order valence-electron chi connectivity index (χ4n) is 1.06. The molecule has 0 saturated heterocycles. The van der Waals surface area contributed by atoms with Gasteiger partial charge in [0.15, 0.2) is 5.75 Å². The van der Waals surface area contributed by atoms with Gasteiger partial charge in [-0.05, 0) is 18.2 Å². The van der Waals surface area contributed by atoms with E-state index in [0.717, 1.165) is 6.07 Å². The number of ether oxygens (including phenoxy) is 1. The fourth-order valence-corrected chi connectivity index (χ4v) is 1.18. The van der Waals surface area contributed by atoms with Crippen molar-refractivity contribution in [3.05, 3.63) is 23.8 Å². The quantitative estimate of drug-likeness (QED) is 0.488. The van der Waals surface area contributed by atoms with Gasteiger partial charge in [0.25, 0.3) is 0 Å². The Morgan fingerprint density at radius 3 is 2.59 bits per heavy atom. The smallest absolute Gasteiger partial charge is 0.404 e. The minimum Gasteiger partial charge on any atom is -0.404 e. The van der Waals surface area contributed by atoms with Crippen molar-refractivity contribution in [3.8, 4) is 17.6 Å². The summed E-state index contributed by atoms with van der Waals surface area (Å²) in [5.74, 6) is 5.77. The van der Waals surface area contributed by atoms with Gasteiger partial charge in [-0.15, -0.1) is 13.2 Å². The lowest BCUT2D eigenvalue weighted by Gasteiger charge is -2.10. The molecule has 1 rings (SSSR count). The Hall–Kier alpha value is -1.48. The minimum absolute atomic E-state index is 0.0972. The summed E-state index contributed by atoms with van der Waals surface area (Å²) in [7, 11) is 0. The zero-order valence-corrected chi connectivity index (χ0v) is 9.61. The van der Waals surface area contributed by atoms with Crippen LogP contribution in [0.5, 0.6) is 5.75 Å². The number of halogens is 3. The van der Waals surface area contributed by atoms with Crippen LogP contribution in [-0.2, 0) is 0 Å². The third-order valence-corrected chi connectivity index (χ3v) is 1.93. The third-order valence-electron chi connectivity index (χ3n) is 1.71. The van der Waals surface area contributed by atoms with Crippen LogP contribution in [0.2, 0.25) is 0 Å².